The highest BCUT2D eigenvalue weighted by atomic mass is 32.1. The molecule has 0 spiro atoms. The molecular formula is C20H16N2O3S. The van der Waals surface area contributed by atoms with E-state index in [0.717, 1.165) is 6.42 Å². The van der Waals surface area contributed by atoms with Crippen LogP contribution >= 0.6 is 11.3 Å². The van der Waals surface area contributed by atoms with E-state index in [1.165, 1.54) is 16.2 Å². The molecule has 0 unspecified atom stereocenters. The second kappa shape index (κ2) is 5.64. The molecule has 1 saturated heterocycles. The summed E-state index contributed by atoms with van der Waals surface area (Å²) in [4.78, 5) is 39.9. The van der Waals surface area contributed by atoms with Crippen LogP contribution in [-0.2, 0) is 9.59 Å². The maximum atomic E-state index is 12.9. The van der Waals surface area contributed by atoms with Gasteiger partial charge in [0.05, 0.1) is 22.4 Å². The van der Waals surface area contributed by atoms with Gasteiger partial charge in [0.1, 0.15) is 0 Å². The molecule has 3 aliphatic rings. The van der Waals surface area contributed by atoms with Crippen molar-refractivity contribution >= 4 is 40.4 Å². The van der Waals surface area contributed by atoms with Crippen molar-refractivity contribution in [2.45, 2.75) is 6.42 Å². The molecule has 1 aromatic heterocycles. The lowest BCUT2D eigenvalue weighted by Crippen LogP contribution is -2.32. The number of nitrogens with zero attached hydrogens (tertiary/aromatic N) is 1. The summed E-state index contributed by atoms with van der Waals surface area (Å²) >= 11 is 1.36. The van der Waals surface area contributed by atoms with Crippen molar-refractivity contribution in [1.82, 2.24) is 0 Å². The highest BCUT2D eigenvalue weighted by Gasteiger charge is 2.59. The predicted octanol–water partition coefficient (Wildman–Crippen LogP) is 3.31. The second-order valence-corrected chi connectivity index (χ2v) is 7.94. The number of benzene rings is 1. The minimum atomic E-state index is -0.220. The average Bonchev–Trinajstić information content (AvgIpc) is 3.39. The summed E-state index contributed by atoms with van der Waals surface area (Å²) in [5.74, 6) is -0.488. The number of nitrogens with one attached hydrogen (secondary N) is 1. The van der Waals surface area contributed by atoms with Gasteiger partial charge in [0.15, 0.2) is 0 Å². The fourth-order valence-electron chi connectivity index (χ4n) is 4.48. The van der Waals surface area contributed by atoms with Gasteiger partial charge in [-0.05, 0) is 47.9 Å². The molecule has 130 valence electrons. The number of rotatable bonds is 3. The normalized spacial score (nSPS) is 28.7. The predicted molar refractivity (Wildman–Crippen MR) is 98.9 cm³/mol. The van der Waals surface area contributed by atoms with E-state index in [9.17, 15) is 14.4 Å². The number of anilines is 2. The van der Waals surface area contributed by atoms with Crippen molar-refractivity contribution in [2.75, 3.05) is 10.2 Å². The number of allylic oxidation sites excluding steroid dienone is 2. The van der Waals surface area contributed by atoms with Gasteiger partial charge in [0.2, 0.25) is 11.8 Å². The molecule has 5 rings (SSSR count). The summed E-state index contributed by atoms with van der Waals surface area (Å²) in [5.41, 5.74) is 1.09. The molecule has 5 nitrogen and oxygen atoms in total. The first-order valence-corrected chi connectivity index (χ1v) is 9.52. The molecule has 1 saturated carbocycles. The largest absolute Gasteiger partial charge is 0.321 e. The Morgan fingerprint density at radius 1 is 1.04 bits per heavy atom. The van der Waals surface area contributed by atoms with E-state index in [2.05, 4.69) is 17.5 Å². The number of imide groups is 1. The van der Waals surface area contributed by atoms with Crippen LogP contribution in [0.4, 0.5) is 11.4 Å². The van der Waals surface area contributed by atoms with Crippen LogP contribution in [0.25, 0.3) is 0 Å². The van der Waals surface area contributed by atoms with E-state index < -0.39 is 0 Å². The molecule has 4 atom stereocenters. The van der Waals surface area contributed by atoms with Gasteiger partial charge >= 0.3 is 0 Å². The number of hydrogen-bond donors (Lipinski definition) is 1. The Labute approximate surface area is 154 Å². The maximum absolute atomic E-state index is 12.9. The summed E-state index contributed by atoms with van der Waals surface area (Å²) in [5, 5.41) is 4.67. The molecule has 1 N–H and O–H groups in total. The lowest BCUT2D eigenvalue weighted by molar-refractivity contribution is -0.123. The molecule has 2 aliphatic carbocycles. The van der Waals surface area contributed by atoms with Gasteiger partial charge < -0.3 is 5.32 Å². The monoisotopic (exact) mass is 364 g/mol. The Balaban J connectivity index is 1.42. The topological polar surface area (TPSA) is 66.5 Å². The number of thiophene rings is 1. The third-order valence-electron chi connectivity index (χ3n) is 5.58. The minimum Gasteiger partial charge on any atom is -0.321 e. The fraction of sp³-hybridized carbons (Fsp3) is 0.250. The zero-order valence-electron chi connectivity index (χ0n) is 13.8. The van der Waals surface area contributed by atoms with Gasteiger partial charge in [-0.15, -0.1) is 11.3 Å². The van der Waals surface area contributed by atoms with E-state index in [-0.39, 0.29) is 41.4 Å². The molecule has 3 amide bonds. The lowest BCUT2D eigenvalue weighted by atomic mass is 9.85. The van der Waals surface area contributed by atoms with Crippen molar-refractivity contribution in [2.24, 2.45) is 23.7 Å². The van der Waals surface area contributed by atoms with Crippen LogP contribution < -0.4 is 10.2 Å². The van der Waals surface area contributed by atoms with Crippen LogP contribution in [0.5, 0.6) is 0 Å². The molecular weight excluding hydrogens is 348 g/mol. The van der Waals surface area contributed by atoms with Gasteiger partial charge in [0, 0.05) is 5.69 Å². The van der Waals surface area contributed by atoms with Gasteiger partial charge in [-0.3, -0.25) is 14.4 Å². The third-order valence-corrected chi connectivity index (χ3v) is 6.45. The SMILES string of the molecule is O=C(Nc1cccc(N2C(=O)[C@@H]3[C@@H](C2=O)[C@H]2C=C[C@H]3C2)c1)c1cccs1. The summed E-state index contributed by atoms with van der Waals surface area (Å²) < 4.78 is 0. The van der Waals surface area contributed by atoms with Crippen LogP contribution in [0.3, 0.4) is 0 Å². The molecule has 2 fully saturated rings. The average molecular weight is 364 g/mol. The summed E-state index contributed by atoms with van der Waals surface area (Å²) in [7, 11) is 0. The Morgan fingerprint density at radius 2 is 1.77 bits per heavy atom. The molecule has 1 aromatic carbocycles. The van der Waals surface area contributed by atoms with Crippen molar-refractivity contribution in [3.05, 3.63) is 58.8 Å². The first-order chi connectivity index (χ1) is 12.6. The van der Waals surface area contributed by atoms with E-state index in [1.807, 2.05) is 11.4 Å². The van der Waals surface area contributed by atoms with E-state index >= 15 is 0 Å². The molecule has 26 heavy (non-hydrogen) atoms. The molecule has 1 aliphatic heterocycles. The third kappa shape index (κ3) is 2.18. The highest BCUT2D eigenvalue weighted by molar-refractivity contribution is 7.12. The summed E-state index contributed by atoms with van der Waals surface area (Å²) in [6.45, 7) is 0. The molecule has 2 aromatic rings. The Bertz CT molecular complexity index is 920. The van der Waals surface area contributed by atoms with Gasteiger partial charge in [0.25, 0.3) is 5.91 Å². The van der Waals surface area contributed by atoms with Crippen LogP contribution in [0.2, 0.25) is 0 Å². The fourth-order valence-corrected chi connectivity index (χ4v) is 5.10. The number of carbonyl (C=O) groups is 3. The van der Waals surface area contributed by atoms with Crippen LogP contribution in [0, 0.1) is 23.7 Å². The van der Waals surface area contributed by atoms with Crippen molar-refractivity contribution < 1.29 is 14.4 Å². The summed E-state index contributed by atoms with van der Waals surface area (Å²) in [6.07, 6.45) is 5.08. The van der Waals surface area contributed by atoms with E-state index in [1.54, 1.807) is 30.3 Å². The van der Waals surface area contributed by atoms with Crippen molar-refractivity contribution in [1.29, 1.82) is 0 Å². The first-order valence-electron chi connectivity index (χ1n) is 8.64. The number of hydrogen-bond acceptors (Lipinski definition) is 4. The standard InChI is InChI=1S/C20H16N2O3S/c23-18(15-5-2-8-26-15)21-13-3-1-4-14(10-13)22-19(24)16-11-6-7-12(9-11)17(16)20(22)25/h1-8,10-12,16-17H,9H2,(H,21,23)/t11-,12-,16-,17-/m0/s1. The lowest BCUT2D eigenvalue weighted by Gasteiger charge is -2.18. The minimum absolute atomic E-state index is 0.112. The van der Waals surface area contributed by atoms with Crippen LogP contribution in [0.1, 0.15) is 16.1 Å². The van der Waals surface area contributed by atoms with Crippen LogP contribution in [-0.4, -0.2) is 17.7 Å². The maximum Gasteiger partial charge on any atom is 0.265 e. The first kappa shape index (κ1) is 15.5. The van der Waals surface area contributed by atoms with E-state index in [0.29, 0.717) is 16.3 Å². The molecule has 0 radical (unpaired) electrons. The molecule has 6 heteroatoms. The zero-order valence-corrected chi connectivity index (χ0v) is 14.6. The number of carbonyl (C=O) groups excluding carboxylic acids is 3. The smallest absolute Gasteiger partial charge is 0.265 e. The van der Waals surface area contributed by atoms with Crippen molar-refractivity contribution in [3.63, 3.8) is 0 Å². The Hall–Kier alpha value is -2.73. The van der Waals surface area contributed by atoms with E-state index in [4.69, 9.17) is 0 Å². The highest BCUT2D eigenvalue weighted by Crippen LogP contribution is 2.53. The zero-order chi connectivity index (χ0) is 17.8. The Morgan fingerprint density at radius 3 is 2.42 bits per heavy atom. The number of amides is 3. The van der Waals surface area contributed by atoms with Crippen molar-refractivity contribution in [3.8, 4) is 0 Å². The second-order valence-electron chi connectivity index (χ2n) is 6.99. The quantitative estimate of drug-likeness (QED) is 0.671. The van der Waals surface area contributed by atoms with Gasteiger partial charge in [-0.25, -0.2) is 4.90 Å². The van der Waals surface area contributed by atoms with Gasteiger partial charge in [-0.2, -0.15) is 0 Å². The number of fused-ring (bicyclic) bond motifs is 5. The molecule has 2 bridgehead atoms. The Kier molecular flexibility index (Phi) is 3.37. The van der Waals surface area contributed by atoms with Gasteiger partial charge in [-0.1, -0.05) is 24.3 Å². The summed E-state index contributed by atoms with van der Waals surface area (Å²) in [6, 6.07) is 10.5. The van der Waals surface area contributed by atoms with Crippen LogP contribution in [0.15, 0.2) is 53.9 Å². The molecule has 2 heterocycles.